The van der Waals surface area contributed by atoms with E-state index in [9.17, 15) is 15.2 Å². The summed E-state index contributed by atoms with van der Waals surface area (Å²) in [5, 5.41) is 21.9. The molecular weight excluding hydrogens is 232 g/mol. The molecule has 0 unspecified atom stereocenters. The number of ether oxygens (including phenoxy) is 1. The highest BCUT2D eigenvalue weighted by molar-refractivity contribution is 7.11. The summed E-state index contributed by atoms with van der Waals surface area (Å²) in [5.41, 5.74) is -0.394. The Kier molecular flexibility index (Phi) is 2.69. The first-order valence-corrected chi connectivity index (χ1v) is 5.09. The fourth-order valence-electron chi connectivity index (χ4n) is 1.07. The van der Waals surface area contributed by atoms with Crippen LogP contribution in [-0.2, 0) is 0 Å². The Morgan fingerprint density at radius 3 is 2.94 bits per heavy atom. The van der Waals surface area contributed by atoms with Crippen LogP contribution in [0.25, 0.3) is 0 Å². The molecule has 0 atom stereocenters. The van der Waals surface area contributed by atoms with Gasteiger partial charge in [0.15, 0.2) is 5.75 Å². The number of aromatic nitrogens is 1. The fraction of sp³-hybridized carbons (Fsp3) is 0. The van der Waals surface area contributed by atoms with Crippen molar-refractivity contribution in [1.82, 2.24) is 4.98 Å². The zero-order valence-electron chi connectivity index (χ0n) is 7.86. The van der Waals surface area contributed by atoms with Gasteiger partial charge in [-0.25, -0.2) is 4.98 Å². The van der Waals surface area contributed by atoms with Crippen LogP contribution in [0.2, 0.25) is 0 Å². The number of hydrogen-bond donors (Lipinski definition) is 1. The normalized spacial score (nSPS) is 10.0. The minimum absolute atomic E-state index is 0.263. The lowest BCUT2D eigenvalue weighted by Gasteiger charge is -2.01. The van der Waals surface area contributed by atoms with Crippen LogP contribution in [0.15, 0.2) is 29.8 Å². The van der Waals surface area contributed by atoms with Gasteiger partial charge in [0.05, 0.1) is 11.0 Å². The predicted molar refractivity (Wildman–Crippen MR) is 56.9 cm³/mol. The number of rotatable bonds is 3. The van der Waals surface area contributed by atoms with E-state index in [1.807, 2.05) is 0 Å². The van der Waals surface area contributed by atoms with Gasteiger partial charge in [-0.1, -0.05) is 11.3 Å². The Bertz CT molecular complexity index is 512. The molecule has 0 bridgehead atoms. The van der Waals surface area contributed by atoms with Crippen molar-refractivity contribution >= 4 is 17.0 Å². The number of phenols is 1. The van der Waals surface area contributed by atoms with Crippen molar-refractivity contribution in [1.29, 1.82) is 0 Å². The van der Waals surface area contributed by atoms with Crippen molar-refractivity contribution in [2.75, 3.05) is 0 Å². The van der Waals surface area contributed by atoms with E-state index in [1.54, 1.807) is 11.6 Å². The Morgan fingerprint density at radius 2 is 2.31 bits per heavy atom. The predicted octanol–water partition coefficient (Wildman–Crippen LogP) is 2.55. The molecule has 2 aromatic rings. The zero-order valence-corrected chi connectivity index (χ0v) is 8.68. The lowest BCUT2D eigenvalue weighted by Crippen LogP contribution is -1.90. The first-order chi connectivity index (χ1) is 7.66. The molecule has 0 aliphatic heterocycles. The molecule has 2 rings (SSSR count). The van der Waals surface area contributed by atoms with Crippen molar-refractivity contribution in [2.24, 2.45) is 0 Å². The molecule has 1 heterocycles. The van der Waals surface area contributed by atoms with Gasteiger partial charge in [0.2, 0.25) is 0 Å². The Hall–Kier alpha value is -2.15. The lowest BCUT2D eigenvalue weighted by atomic mass is 10.3. The standard InChI is InChI=1S/C9H6N2O4S/c12-8-2-1-6(5-7(8)11(13)14)15-9-10-3-4-16-9/h1-5,12H. The van der Waals surface area contributed by atoms with Gasteiger partial charge in [-0.2, -0.15) is 0 Å². The fourth-order valence-corrected chi connectivity index (χ4v) is 1.58. The van der Waals surface area contributed by atoms with Crippen LogP contribution >= 0.6 is 11.3 Å². The molecule has 0 amide bonds. The summed E-state index contributed by atoms with van der Waals surface area (Å²) in [6.45, 7) is 0. The molecule has 0 saturated carbocycles. The van der Waals surface area contributed by atoms with Crippen LogP contribution in [0.3, 0.4) is 0 Å². The van der Waals surface area contributed by atoms with E-state index in [0.29, 0.717) is 5.19 Å². The van der Waals surface area contributed by atoms with Gasteiger partial charge in [0.25, 0.3) is 5.19 Å². The molecule has 1 N–H and O–H groups in total. The summed E-state index contributed by atoms with van der Waals surface area (Å²) in [6, 6.07) is 3.79. The Morgan fingerprint density at radius 1 is 1.50 bits per heavy atom. The number of aromatic hydroxyl groups is 1. The molecule has 0 fully saturated rings. The molecule has 82 valence electrons. The number of thiazole rings is 1. The summed E-state index contributed by atoms with van der Waals surface area (Å²) < 4.78 is 5.26. The highest BCUT2D eigenvalue weighted by Crippen LogP contribution is 2.32. The van der Waals surface area contributed by atoms with Gasteiger partial charge in [-0.15, -0.1) is 0 Å². The van der Waals surface area contributed by atoms with Crippen molar-refractivity contribution < 1.29 is 14.8 Å². The first kappa shape index (κ1) is 10.4. The number of nitro benzene ring substituents is 1. The molecule has 16 heavy (non-hydrogen) atoms. The summed E-state index contributed by atoms with van der Waals surface area (Å²) >= 11 is 1.27. The summed E-state index contributed by atoms with van der Waals surface area (Å²) in [6.07, 6.45) is 1.56. The smallest absolute Gasteiger partial charge is 0.314 e. The number of hydrogen-bond acceptors (Lipinski definition) is 6. The second-order valence-electron chi connectivity index (χ2n) is 2.81. The second-order valence-corrected chi connectivity index (χ2v) is 3.66. The van der Waals surface area contributed by atoms with E-state index in [1.165, 1.54) is 23.5 Å². The van der Waals surface area contributed by atoms with E-state index in [0.717, 1.165) is 6.07 Å². The third kappa shape index (κ3) is 2.09. The highest BCUT2D eigenvalue weighted by atomic mass is 32.1. The molecule has 6 nitrogen and oxygen atoms in total. The van der Waals surface area contributed by atoms with Gasteiger partial charge >= 0.3 is 5.69 Å². The SMILES string of the molecule is O=[N+]([O-])c1cc(Oc2nccs2)ccc1O. The maximum Gasteiger partial charge on any atom is 0.314 e. The van der Waals surface area contributed by atoms with Crippen LogP contribution < -0.4 is 4.74 Å². The van der Waals surface area contributed by atoms with E-state index in [2.05, 4.69) is 4.98 Å². The third-order valence-electron chi connectivity index (χ3n) is 1.76. The van der Waals surface area contributed by atoms with Crippen molar-refractivity contribution in [2.45, 2.75) is 0 Å². The van der Waals surface area contributed by atoms with E-state index in [-0.39, 0.29) is 5.75 Å². The van der Waals surface area contributed by atoms with Gasteiger partial charge < -0.3 is 9.84 Å². The largest absolute Gasteiger partial charge is 0.502 e. The monoisotopic (exact) mass is 238 g/mol. The van der Waals surface area contributed by atoms with Crippen molar-refractivity contribution in [3.63, 3.8) is 0 Å². The second kappa shape index (κ2) is 4.15. The maximum atomic E-state index is 10.6. The third-order valence-corrected chi connectivity index (χ3v) is 2.41. The Balaban J connectivity index is 2.29. The molecule has 0 spiro atoms. The van der Waals surface area contributed by atoms with Crippen LogP contribution in [0.1, 0.15) is 0 Å². The summed E-state index contributed by atoms with van der Waals surface area (Å²) in [4.78, 5) is 13.7. The molecule has 0 aliphatic carbocycles. The molecule has 1 aromatic heterocycles. The van der Waals surface area contributed by atoms with Crippen LogP contribution in [-0.4, -0.2) is 15.0 Å². The zero-order chi connectivity index (χ0) is 11.5. The molecule has 7 heteroatoms. The molecule has 0 aliphatic rings. The quantitative estimate of drug-likeness (QED) is 0.656. The molecule has 1 aromatic carbocycles. The summed E-state index contributed by atoms with van der Waals surface area (Å²) in [5.74, 6) is -0.129. The maximum absolute atomic E-state index is 10.6. The average molecular weight is 238 g/mol. The van der Waals surface area contributed by atoms with E-state index in [4.69, 9.17) is 4.74 Å². The van der Waals surface area contributed by atoms with Gasteiger partial charge in [0.1, 0.15) is 5.75 Å². The van der Waals surface area contributed by atoms with Crippen LogP contribution in [0.5, 0.6) is 16.7 Å². The highest BCUT2D eigenvalue weighted by Gasteiger charge is 2.14. The topological polar surface area (TPSA) is 85.5 Å². The number of benzene rings is 1. The van der Waals surface area contributed by atoms with E-state index < -0.39 is 16.4 Å². The Labute approximate surface area is 93.9 Å². The van der Waals surface area contributed by atoms with Gasteiger partial charge in [0, 0.05) is 11.6 Å². The van der Waals surface area contributed by atoms with Crippen molar-refractivity contribution in [3.05, 3.63) is 39.9 Å². The first-order valence-electron chi connectivity index (χ1n) is 4.21. The van der Waals surface area contributed by atoms with E-state index >= 15 is 0 Å². The lowest BCUT2D eigenvalue weighted by molar-refractivity contribution is -0.385. The minimum Gasteiger partial charge on any atom is -0.502 e. The minimum atomic E-state index is -0.677. The number of nitrogens with zero attached hydrogens (tertiary/aromatic N) is 2. The molecule has 0 saturated heterocycles. The molecule has 0 radical (unpaired) electrons. The van der Waals surface area contributed by atoms with Gasteiger partial charge in [-0.05, 0) is 12.1 Å². The molecular formula is C9H6N2O4S. The number of nitro groups is 1. The van der Waals surface area contributed by atoms with Crippen LogP contribution in [0.4, 0.5) is 5.69 Å². The van der Waals surface area contributed by atoms with Gasteiger partial charge in [-0.3, -0.25) is 10.1 Å². The number of phenolic OH excluding ortho intramolecular Hbond substituents is 1. The summed E-state index contributed by atoms with van der Waals surface area (Å²) in [7, 11) is 0. The van der Waals surface area contributed by atoms with Crippen molar-refractivity contribution in [3.8, 4) is 16.7 Å². The average Bonchev–Trinajstić information content (AvgIpc) is 2.73. The van der Waals surface area contributed by atoms with Crippen LogP contribution in [0, 0.1) is 10.1 Å².